The highest BCUT2D eigenvalue weighted by Gasteiger charge is 2.14. The van der Waals surface area contributed by atoms with Crippen LogP contribution in [0.1, 0.15) is 11.1 Å². The van der Waals surface area contributed by atoms with Gasteiger partial charge in [0.05, 0.1) is 5.75 Å². The van der Waals surface area contributed by atoms with Crippen LogP contribution in [0.25, 0.3) is 11.4 Å². The molecule has 0 saturated heterocycles. The zero-order valence-electron chi connectivity index (χ0n) is 14.4. The van der Waals surface area contributed by atoms with Gasteiger partial charge in [-0.3, -0.25) is 4.79 Å². The quantitative estimate of drug-likeness (QED) is 0.515. The Balaban J connectivity index is 1.64. The summed E-state index contributed by atoms with van der Waals surface area (Å²) in [6, 6.07) is 13.2. The van der Waals surface area contributed by atoms with Crippen molar-refractivity contribution in [2.45, 2.75) is 19.0 Å². The van der Waals surface area contributed by atoms with Gasteiger partial charge in [-0.2, -0.15) is 0 Å². The number of amides is 1. The average Bonchev–Trinajstić information content (AvgIpc) is 2.97. The van der Waals surface area contributed by atoms with Crippen LogP contribution < -0.4 is 11.2 Å². The first-order chi connectivity index (χ1) is 12.4. The third kappa shape index (κ3) is 4.17. The van der Waals surface area contributed by atoms with Crippen molar-refractivity contribution in [2.24, 2.45) is 0 Å². The molecule has 0 aliphatic carbocycles. The molecule has 3 aromatic rings. The predicted octanol–water partition coefficient (Wildman–Crippen LogP) is 3.66. The minimum atomic E-state index is -0.171. The van der Waals surface area contributed by atoms with E-state index < -0.39 is 0 Å². The highest BCUT2D eigenvalue weighted by atomic mass is 35.5. The fraction of sp³-hybridized carbons (Fsp3) is 0.167. The number of aromatic nitrogens is 3. The van der Waals surface area contributed by atoms with E-state index in [-0.39, 0.29) is 11.7 Å². The maximum atomic E-state index is 12.1. The van der Waals surface area contributed by atoms with Crippen LogP contribution in [0, 0.1) is 13.8 Å². The lowest BCUT2D eigenvalue weighted by Gasteiger charge is -2.07. The Kier molecular flexibility index (Phi) is 5.49. The van der Waals surface area contributed by atoms with Crippen LogP contribution >= 0.6 is 23.4 Å². The standard InChI is InChI=1S/C18H18ClN5OS/c1-11-4-3-5-13(8-11)17-22-23-18(24(17)20)26-10-16(25)21-14-7-6-12(2)15(19)9-14/h3-9H,10,20H2,1-2H3,(H,21,25). The number of nitrogens with one attached hydrogen (secondary N) is 1. The van der Waals surface area contributed by atoms with Crippen molar-refractivity contribution in [3.8, 4) is 11.4 Å². The van der Waals surface area contributed by atoms with Gasteiger partial charge in [0.15, 0.2) is 5.82 Å². The van der Waals surface area contributed by atoms with Crippen LogP contribution in [0.5, 0.6) is 0 Å². The molecule has 8 heteroatoms. The van der Waals surface area contributed by atoms with Crippen LogP contribution in [0.4, 0.5) is 5.69 Å². The molecule has 0 spiro atoms. The molecule has 0 aliphatic heterocycles. The summed E-state index contributed by atoms with van der Waals surface area (Å²) in [4.78, 5) is 12.1. The number of halogens is 1. The number of rotatable bonds is 5. The molecule has 0 aliphatic rings. The molecule has 0 unspecified atom stereocenters. The van der Waals surface area contributed by atoms with Crippen molar-refractivity contribution < 1.29 is 4.79 Å². The molecule has 0 bridgehead atoms. The summed E-state index contributed by atoms with van der Waals surface area (Å²) >= 11 is 7.29. The van der Waals surface area contributed by atoms with E-state index in [1.54, 1.807) is 6.07 Å². The fourth-order valence-corrected chi connectivity index (χ4v) is 3.19. The minimum Gasteiger partial charge on any atom is -0.335 e. The molecule has 1 amide bonds. The molecule has 134 valence electrons. The van der Waals surface area contributed by atoms with Crippen molar-refractivity contribution >= 4 is 35.0 Å². The molecule has 3 rings (SSSR count). The second-order valence-electron chi connectivity index (χ2n) is 5.85. The summed E-state index contributed by atoms with van der Waals surface area (Å²) in [5, 5.41) is 12.1. The zero-order valence-corrected chi connectivity index (χ0v) is 15.9. The summed E-state index contributed by atoms with van der Waals surface area (Å²) in [5.41, 5.74) is 3.60. The lowest BCUT2D eigenvalue weighted by Crippen LogP contribution is -2.16. The number of thioether (sulfide) groups is 1. The van der Waals surface area contributed by atoms with Gasteiger partial charge in [-0.05, 0) is 37.6 Å². The van der Waals surface area contributed by atoms with Crippen LogP contribution in [-0.2, 0) is 4.79 Å². The molecule has 0 atom stereocenters. The van der Waals surface area contributed by atoms with Crippen molar-refractivity contribution in [1.29, 1.82) is 0 Å². The molecule has 26 heavy (non-hydrogen) atoms. The van der Waals surface area contributed by atoms with Crippen molar-refractivity contribution in [3.63, 3.8) is 0 Å². The van der Waals surface area contributed by atoms with Crippen molar-refractivity contribution in [3.05, 3.63) is 58.6 Å². The Morgan fingerprint density at radius 3 is 2.77 bits per heavy atom. The van der Waals surface area contributed by atoms with Gasteiger partial charge in [-0.1, -0.05) is 53.2 Å². The first kappa shape index (κ1) is 18.3. The fourth-order valence-electron chi connectivity index (χ4n) is 2.35. The number of nitrogens with two attached hydrogens (primary N) is 1. The number of anilines is 1. The van der Waals surface area contributed by atoms with Gasteiger partial charge in [0, 0.05) is 16.3 Å². The van der Waals surface area contributed by atoms with E-state index in [1.807, 2.05) is 50.2 Å². The number of nitrogens with zero attached hydrogens (tertiary/aromatic N) is 3. The van der Waals surface area contributed by atoms with Gasteiger partial charge in [0.2, 0.25) is 11.1 Å². The summed E-state index contributed by atoms with van der Waals surface area (Å²) in [5.74, 6) is 6.63. The summed E-state index contributed by atoms with van der Waals surface area (Å²) in [6.45, 7) is 3.90. The molecular formula is C18H18ClN5OS. The van der Waals surface area contributed by atoms with Gasteiger partial charge in [0.25, 0.3) is 0 Å². The summed E-state index contributed by atoms with van der Waals surface area (Å²) < 4.78 is 1.40. The molecular weight excluding hydrogens is 370 g/mol. The first-order valence-electron chi connectivity index (χ1n) is 7.90. The Morgan fingerprint density at radius 1 is 1.23 bits per heavy atom. The second-order valence-corrected chi connectivity index (χ2v) is 7.20. The predicted molar refractivity (Wildman–Crippen MR) is 106 cm³/mol. The molecule has 6 nitrogen and oxygen atoms in total. The molecule has 0 saturated carbocycles. The van der Waals surface area contributed by atoms with Crippen LogP contribution in [0.2, 0.25) is 5.02 Å². The van der Waals surface area contributed by atoms with Crippen LogP contribution in [-0.4, -0.2) is 26.5 Å². The number of nitrogen functional groups attached to an aromatic ring is 1. The average molecular weight is 388 g/mol. The van der Waals surface area contributed by atoms with Gasteiger partial charge in [-0.15, -0.1) is 10.2 Å². The Hall–Kier alpha value is -2.51. The smallest absolute Gasteiger partial charge is 0.234 e. The summed E-state index contributed by atoms with van der Waals surface area (Å²) in [6.07, 6.45) is 0. The van der Waals surface area contributed by atoms with E-state index in [4.69, 9.17) is 17.4 Å². The summed E-state index contributed by atoms with van der Waals surface area (Å²) in [7, 11) is 0. The highest BCUT2D eigenvalue weighted by molar-refractivity contribution is 7.99. The normalized spacial score (nSPS) is 10.7. The van der Waals surface area contributed by atoms with E-state index in [0.29, 0.717) is 21.7 Å². The molecule has 1 heterocycles. The third-order valence-electron chi connectivity index (χ3n) is 3.73. The topological polar surface area (TPSA) is 85.8 Å². The van der Waals surface area contributed by atoms with E-state index in [2.05, 4.69) is 15.5 Å². The van der Waals surface area contributed by atoms with E-state index >= 15 is 0 Å². The number of hydrogen-bond acceptors (Lipinski definition) is 5. The van der Waals surface area contributed by atoms with E-state index in [1.165, 1.54) is 16.4 Å². The number of carbonyl (C=O) groups is 1. The Morgan fingerprint density at radius 2 is 2.04 bits per heavy atom. The Bertz CT molecular complexity index is 957. The van der Waals surface area contributed by atoms with Gasteiger partial charge < -0.3 is 11.2 Å². The molecule has 0 radical (unpaired) electrons. The number of benzene rings is 2. The SMILES string of the molecule is Cc1cccc(-c2nnc(SCC(=O)Nc3ccc(C)c(Cl)c3)n2N)c1. The van der Waals surface area contributed by atoms with Crippen molar-refractivity contribution in [1.82, 2.24) is 14.9 Å². The minimum absolute atomic E-state index is 0.161. The van der Waals surface area contributed by atoms with Gasteiger partial charge in [-0.25, -0.2) is 4.68 Å². The second kappa shape index (κ2) is 7.80. The van der Waals surface area contributed by atoms with Crippen LogP contribution in [0.15, 0.2) is 47.6 Å². The number of carbonyl (C=O) groups excluding carboxylic acids is 1. The Labute approximate surface area is 160 Å². The maximum Gasteiger partial charge on any atom is 0.234 e. The van der Waals surface area contributed by atoms with E-state index in [0.717, 1.165) is 16.7 Å². The number of aryl methyl sites for hydroxylation is 2. The zero-order chi connectivity index (χ0) is 18.7. The number of hydrogen-bond donors (Lipinski definition) is 2. The third-order valence-corrected chi connectivity index (χ3v) is 5.08. The maximum absolute atomic E-state index is 12.1. The lowest BCUT2D eigenvalue weighted by atomic mass is 10.1. The lowest BCUT2D eigenvalue weighted by molar-refractivity contribution is -0.113. The molecule has 0 fully saturated rings. The largest absolute Gasteiger partial charge is 0.335 e. The van der Waals surface area contributed by atoms with Crippen LogP contribution in [0.3, 0.4) is 0 Å². The van der Waals surface area contributed by atoms with Gasteiger partial charge in [0.1, 0.15) is 0 Å². The monoisotopic (exact) mass is 387 g/mol. The van der Waals surface area contributed by atoms with Gasteiger partial charge >= 0.3 is 0 Å². The molecule has 2 aromatic carbocycles. The van der Waals surface area contributed by atoms with Crippen molar-refractivity contribution in [2.75, 3.05) is 16.9 Å². The highest BCUT2D eigenvalue weighted by Crippen LogP contribution is 2.23. The molecule has 3 N–H and O–H groups in total. The first-order valence-corrected chi connectivity index (χ1v) is 9.27. The van der Waals surface area contributed by atoms with E-state index in [9.17, 15) is 4.79 Å². The molecule has 1 aromatic heterocycles.